The summed E-state index contributed by atoms with van der Waals surface area (Å²) < 4.78 is 68.1. The highest BCUT2D eigenvalue weighted by atomic mass is 31.2. The van der Waals surface area contributed by atoms with E-state index in [0.717, 1.165) is 6.33 Å². The summed E-state index contributed by atoms with van der Waals surface area (Å²) in [6, 6.07) is 0. The van der Waals surface area contributed by atoms with Gasteiger partial charge in [0.25, 0.3) is 5.56 Å². The number of ether oxygens (including phenoxy) is 3. The number of H-pyrrole nitrogens is 1. The Kier molecular flexibility index (Phi) is 7.82. The topological polar surface area (TPSA) is 293 Å². The molecule has 2 bridgehead atoms. The van der Waals surface area contributed by atoms with Gasteiger partial charge in [0.2, 0.25) is 0 Å². The van der Waals surface area contributed by atoms with Crippen molar-refractivity contribution in [2.75, 3.05) is 26.1 Å². The molecule has 46 heavy (non-hydrogen) atoms. The van der Waals surface area contributed by atoms with E-state index < -0.39 is 83.5 Å². The third kappa shape index (κ3) is 5.45. The number of nitrogen functional groups attached to an aromatic ring is 1. The predicted molar refractivity (Wildman–Crippen MR) is 149 cm³/mol. The van der Waals surface area contributed by atoms with Crippen LogP contribution in [0.15, 0.2) is 23.8 Å². The maximum absolute atomic E-state index is 13.3. The van der Waals surface area contributed by atoms with Crippen LogP contribution in [0, 0.1) is 6.92 Å². The molecule has 3 fully saturated rings. The van der Waals surface area contributed by atoms with Crippen molar-refractivity contribution in [2.24, 2.45) is 0 Å². The largest absolute Gasteiger partial charge is 0.472 e. The van der Waals surface area contributed by atoms with Crippen LogP contribution in [0.2, 0.25) is 0 Å². The molecule has 0 aliphatic carbocycles. The SMILES string of the molecule is COC1[C@H]2OP(=O)(O)OC[C@H]3O[C@@H](n4cnc5c(=O)[nH]c(C)nc54)[C@@H](OP(=O)(O)OC[C@H]2O[C@H]1n1cnc2c(N)ncnc21)C3O. The number of imidazole rings is 2. The molecule has 0 saturated carbocycles. The number of hydrogen-bond donors (Lipinski definition) is 5. The monoisotopic (exact) mass is 687 g/mol. The maximum Gasteiger partial charge on any atom is 0.472 e. The van der Waals surface area contributed by atoms with Gasteiger partial charge in [-0.3, -0.25) is 32.0 Å². The Labute approximate surface area is 256 Å². The molecule has 0 amide bonds. The number of hydrogen-bond acceptors (Lipinski definition) is 17. The fourth-order valence-corrected chi connectivity index (χ4v) is 7.51. The van der Waals surface area contributed by atoms with Crippen molar-refractivity contribution in [3.63, 3.8) is 0 Å². The van der Waals surface area contributed by atoms with Gasteiger partial charge in [0.05, 0.1) is 25.9 Å². The molecule has 7 heterocycles. The molecule has 3 aliphatic rings. The summed E-state index contributed by atoms with van der Waals surface area (Å²) in [4.78, 5) is 57.0. The minimum Gasteiger partial charge on any atom is -0.387 e. The molecule has 3 saturated heterocycles. The molecular weight excluding hydrogens is 660 g/mol. The summed E-state index contributed by atoms with van der Waals surface area (Å²) in [5.41, 5.74) is 5.75. The van der Waals surface area contributed by atoms with Gasteiger partial charge >= 0.3 is 15.6 Å². The molecule has 10 atom stereocenters. The average molecular weight is 687 g/mol. The first-order valence-electron chi connectivity index (χ1n) is 13.6. The second-order valence-electron chi connectivity index (χ2n) is 10.5. The summed E-state index contributed by atoms with van der Waals surface area (Å²) in [6.45, 7) is 0.0411. The first kappa shape index (κ1) is 31.4. The number of aliphatic hydroxyl groups excluding tert-OH is 1. The normalized spacial score (nSPS) is 37.2. The van der Waals surface area contributed by atoms with Crippen molar-refractivity contribution in [1.82, 2.24) is 39.0 Å². The van der Waals surface area contributed by atoms with Crippen molar-refractivity contribution in [3.05, 3.63) is 35.2 Å². The summed E-state index contributed by atoms with van der Waals surface area (Å²) in [5.74, 6) is 0.313. The Bertz CT molecular complexity index is 1950. The van der Waals surface area contributed by atoms with Gasteiger partial charge < -0.3 is 39.8 Å². The lowest BCUT2D eigenvalue weighted by atomic mass is 10.1. The van der Waals surface area contributed by atoms with Gasteiger partial charge in [-0.25, -0.2) is 34.0 Å². The number of aromatic nitrogens is 8. The number of nitrogens with one attached hydrogen (secondary N) is 1. The fraction of sp³-hybridized carbons (Fsp3) is 0.545. The van der Waals surface area contributed by atoms with Crippen molar-refractivity contribution >= 4 is 43.8 Å². The smallest absolute Gasteiger partial charge is 0.387 e. The van der Waals surface area contributed by atoms with Crippen molar-refractivity contribution in [3.8, 4) is 0 Å². The van der Waals surface area contributed by atoms with E-state index in [-0.39, 0.29) is 34.0 Å². The summed E-state index contributed by atoms with van der Waals surface area (Å²) in [5, 5.41) is 11.1. The molecular formula is C22H27N9O13P2. The zero-order chi connectivity index (χ0) is 32.5. The molecule has 4 aromatic rings. The highest BCUT2D eigenvalue weighted by Gasteiger charge is 2.54. The second kappa shape index (κ2) is 11.5. The number of phosphoric ester groups is 2. The van der Waals surface area contributed by atoms with Crippen LogP contribution in [0.5, 0.6) is 0 Å². The van der Waals surface area contributed by atoms with E-state index >= 15 is 0 Å². The first-order valence-corrected chi connectivity index (χ1v) is 16.5. The number of anilines is 1. The number of fused-ring (bicyclic) bond motifs is 5. The van der Waals surface area contributed by atoms with Crippen LogP contribution in [0.25, 0.3) is 22.3 Å². The highest BCUT2D eigenvalue weighted by Crippen LogP contribution is 2.54. The number of phosphoric acid groups is 2. The molecule has 3 aliphatic heterocycles. The third-order valence-corrected chi connectivity index (χ3v) is 9.64. The van der Waals surface area contributed by atoms with Gasteiger partial charge in [0, 0.05) is 7.11 Å². The highest BCUT2D eigenvalue weighted by molar-refractivity contribution is 7.47. The maximum atomic E-state index is 13.3. The van der Waals surface area contributed by atoms with Crippen LogP contribution >= 0.6 is 15.6 Å². The Morgan fingerprint density at radius 3 is 2.28 bits per heavy atom. The van der Waals surface area contributed by atoms with E-state index in [4.69, 9.17) is 38.0 Å². The van der Waals surface area contributed by atoms with Crippen LogP contribution in [0.1, 0.15) is 18.3 Å². The fourth-order valence-electron chi connectivity index (χ4n) is 5.62. The molecule has 24 heteroatoms. The van der Waals surface area contributed by atoms with Gasteiger partial charge in [0.15, 0.2) is 35.1 Å². The van der Waals surface area contributed by atoms with E-state index in [0.29, 0.717) is 0 Å². The summed E-state index contributed by atoms with van der Waals surface area (Å²) in [7, 11) is -8.75. The molecule has 0 spiro atoms. The lowest BCUT2D eigenvalue weighted by molar-refractivity contribution is -0.0675. The van der Waals surface area contributed by atoms with Crippen molar-refractivity contribution in [2.45, 2.75) is 56.0 Å². The third-order valence-electron chi connectivity index (χ3n) is 7.67. The molecule has 22 nitrogen and oxygen atoms in total. The standard InChI is InChI=1S/C22H27N9O13P2/c1-8-28-19-12(20(33)29-8)27-7-31(19)21-15-13(32)9(41-21)3-39-45(34,35)43-14-10(4-40-46(36,37)44-15)42-22(16(14)38-2)30-6-26-11-17(23)24-5-25-18(11)30/h5-7,9-10,13-16,21-22,32H,3-4H2,1-2H3,(H,34,35)(H,36,37)(H2,23,24,25)(H,28,29,33)/t9-,10-,13?,14+,15+,16?,21-,22-/m1/s1. The molecule has 0 radical (unpaired) electrons. The number of rotatable bonds is 3. The molecule has 7 rings (SSSR count). The number of nitrogens with zero attached hydrogens (tertiary/aromatic N) is 7. The van der Waals surface area contributed by atoms with Gasteiger partial charge in [-0.2, -0.15) is 0 Å². The van der Waals surface area contributed by atoms with E-state index in [1.165, 1.54) is 35.8 Å². The Balaban J connectivity index is 1.22. The number of nitrogens with two attached hydrogens (primary N) is 1. The van der Waals surface area contributed by atoms with Crippen LogP contribution in [-0.2, 0) is 41.4 Å². The Hall–Kier alpha value is -3.24. The Morgan fingerprint density at radius 2 is 1.57 bits per heavy atom. The lowest BCUT2D eigenvalue weighted by Crippen LogP contribution is -2.37. The van der Waals surface area contributed by atoms with Crippen molar-refractivity contribution < 1.29 is 56.3 Å². The number of aromatic amines is 1. The molecule has 0 aromatic carbocycles. The zero-order valence-corrected chi connectivity index (χ0v) is 25.6. The van der Waals surface area contributed by atoms with E-state index in [2.05, 4.69) is 29.9 Å². The predicted octanol–water partition coefficient (Wildman–Crippen LogP) is -0.961. The van der Waals surface area contributed by atoms with Crippen molar-refractivity contribution in [1.29, 1.82) is 0 Å². The van der Waals surface area contributed by atoms with E-state index in [1.807, 2.05) is 0 Å². The Morgan fingerprint density at radius 1 is 0.935 bits per heavy atom. The second-order valence-corrected chi connectivity index (χ2v) is 13.4. The van der Waals surface area contributed by atoms with Gasteiger partial charge in [-0.1, -0.05) is 0 Å². The molecule has 4 aromatic heterocycles. The van der Waals surface area contributed by atoms with Crippen LogP contribution in [0.3, 0.4) is 0 Å². The minimum absolute atomic E-state index is 0.0116. The number of aliphatic hydroxyl groups is 1. The summed E-state index contributed by atoms with van der Waals surface area (Å²) in [6.07, 6.45) is -7.52. The van der Waals surface area contributed by atoms with Gasteiger partial charge in [-0.15, -0.1) is 0 Å². The van der Waals surface area contributed by atoms with Gasteiger partial charge in [0.1, 0.15) is 54.3 Å². The zero-order valence-electron chi connectivity index (χ0n) is 23.8. The lowest BCUT2D eigenvalue weighted by Gasteiger charge is -2.26. The van der Waals surface area contributed by atoms with E-state index in [9.17, 15) is 28.8 Å². The van der Waals surface area contributed by atoms with Crippen LogP contribution in [0.4, 0.5) is 5.82 Å². The minimum atomic E-state index is -5.06. The first-order chi connectivity index (χ1) is 21.9. The van der Waals surface area contributed by atoms with Crippen LogP contribution in [-0.4, -0.2) is 111 Å². The van der Waals surface area contributed by atoms with Gasteiger partial charge in [-0.05, 0) is 6.92 Å². The molecule has 248 valence electrons. The summed E-state index contributed by atoms with van der Waals surface area (Å²) >= 11 is 0. The quantitative estimate of drug-likeness (QED) is 0.162. The van der Waals surface area contributed by atoms with Crippen LogP contribution < -0.4 is 11.3 Å². The number of methoxy groups -OCH3 is 1. The molecule has 6 N–H and O–H groups in total. The number of aryl methyl sites for hydroxylation is 1. The average Bonchev–Trinajstić information content (AvgIpc) is 3.75. The molecule has 4 unspecified atom stereocenters. The van der Waals surface area contributed by atoms with E-state index in [1.54, 1.807) is 0 Å².